The molecule has 0 unspecified atom stereocenters. The summed E-state index contributed by atoms with van der Waals surface area (Å²) in [5.74, 6) is -0.00632. The fourth-order valence-corrected chi connectivity index (χ4v) is 1.87. The third-order valence-corrected chi connectivity index (χ3v) is 3.07. The number of hydrogen-bond acceptors (Lipinski definition) is 3. The van der Waals surface area contributed by atoms with E-state index in [0.717, 1.165) is 24.2 Å². The fourth-order valence-electron chi connectivity index (χ4n) is 1.87. The molecule has 0 bridgehead atoms. The molecule has 0 radical (unpaired) electrons. The summed E-state index contributed by atoms with van der Waals surface area (Å²) in [6.45, 7) is 2.91. The minimum atomic E-state index is -0.771. The number of carboxylic acids is 1. The van der Waals surface area contributed by atoms with Gasteiger partial charge in [0.2, 0.25) is 5.91 Å². The first-order valence-electron chi connectivity index (χ1n) is 7.26. The number of hydrogen-bond donors (Lipinski definition) is 2. The van der Waals surface area contributed by atoms with E-state index in [1.807, 2.05) is 31.2 Å². The number of carboxylic acid groups (broad SMARTS) is 1. The second kappa shape index (κ2) is 9.80. The summed E-state index contributed by atoms with van der Waals surface area (Å²) in [6.07, 6.45) is 2.78. The monoisotopic (exact) mass is 293 g/mol. The zero-order valence-electron chi connectivity index (χ0n) is 12.4. The SMILES string of the molecule is Cc1ccccc1OCCC(=O)NCCCCCC(=O)O. The molecule has 0 saturated heterocycles. The Bertz CT molecular complexity index is 459. The highest BCUT2D eigenvalue weighted by molar-refractivity contribution is 5.75. The Morgan fingerprint density at radius 1 is 1.14 bits per heavy atom. The van der Waals surface area contributed by atoms with Crippen LogP contribution in [0.2, 0.25) is 0 Å². The molecule has 5 nitrogen and oxygen atoms in total. The second-order valence-corrected chi connectivity index (χ2v) is 4.92. The Labute approximate surface area is 125 Å². The maximum atomic E-state index is 11.6. The summed E-state index contributed by atoms with van der Waals surface area (Å²) >= 11 is 0. The van der Waals surface area contributed by atoms with Crippen molar-refractivity contribution in [1.29, 1.82) is 0 Å². The number of carbonyl (C=O) groups excluding carboxylic acids is 1. The van der Waals surface area contributed by atoms with Gasteiger partial charge in [-0.05, 0) is 31.4 Å². The van der Waals surface area contributed by atoms with Crippen LogP contribution in [0.3, 0.4) is 0 Å². The van der Waals surface area contributed by atoms with E-state index in [1.54, 1.807) is 0 Å². The quantitative estimate of drug-likeness (QED) is 0.650. The number of rotatable bonds is 10. The van der Waals surface area contributed by atoms with Gasteiger partial charge in [0.1, 0.15) is 5.75 Å². The molecule has 2 N–H and O–H groups in total. The standard InChI is InChI=1S/C16H23NO4/c1-13-7-4-5-8-14(13)21-12-10-15(18)17-11-6-2-3-9-16(19)20/h4-5,7-8H,2-3,6,9-12H2,1H3,(H,17,18)(H,19,20). The lowest BCUT2D eigenvalue weighted by atomic mass is 10.2. The molecule has 0 heterocycles. The summed E-state index contributed by atoms with van der Waals surface area (Å²) in [4.78, 5) is 21.9. The number of ether oxygens (including phenoxy) is 1. The van der Waals surface area contributed by atoms with E-state index in [9.17, 15) is 9.59 Å². The highest BCUT2D eigenvalue weighted by Crippen LogP contribution is 2.16. The number of unbranched alkanes of at least 4 members (excludes halogenated alkanes) is 2. The van der Waals surface area contributed by atoms with Gasteiger partial charge < -0.3 is 15.2 Å². The van der Waals surface area contributed by atoms with Crippen LogP contribution >= 0.6 is 0 Å². The third-order valence-electron chi connectivity index (χ3n) is 3.07. The van der Waals surface area contributed by atoms with Crippen molar-refractivity contribution in [1.82, 2.24) is 5.32 Å². The van der Waals surface area contributed by atoms with Gasteiger partial charge in [0.25, 0.3) is 0 Å². The number of carbonyl (C=O) groups is 2. The molecule has 0 aliphatic heterocycles. The van der Waals surface area contributed by atoms with Gasteiger partial charge in [0, 0.05) is 13.0 Å². The van der Waals surface area contributed by atoms with Crippen molar-refractivity contribution in [2.45, 2.75) is 39.0 Å². The topological polar surface area (TPSA) is 75.6 Å². The highest BCUT2D eigenvalue weighted by atomic mass is 16.5. The lowest BCUT2D eigenvalue weighted by Crippen LogP contribution is -2.25. The smallest absolute Gasteiger partial charge is 0.303 e. The predicted octanol–water partition coefficient (Wildman–Crippen LogP) is 2.53. The normalized spacial score (nSPS) is 10.1. The number of aryl methyl sites for hydroxylation is 1. The third kappa shape index (κ3) is 7.97. The number of amides is 1. The van der Waals surface area contributed by atoms with Crippen LogP contribution in [0.25, 0.3) is 0 Å². The van der Waals surface area contributed by atoms with Gasteiger partial charge in [0.05, 0.1) is 13.0 Å². The Balaban J connectivity index is 2.04. The summed E-state index contributed by atoms with van der Waals surface area (Å²) in [7, 11) is 0. The zero-order chi connectivity index (χ0) is 15.5. The molecule has 1 aromatic rings. The second-order valence-electron chi connectivity index (χ2n) is 4.92. The predicted molar refractivity (Wildman–Crippen MR) is 80.4 cm³/mol. The van der Waals surface area contributed by atoms with Gasteiger partial charge in [-0.25, -0.2) is 0 Å². The van der Waals surface area contributed by atoms with Crippen LogP contribution in [0, 0.1) is 6.92 Å². The van der Waals surface area contributed by atoms with Crippen molar-refractivity contribution < 1.29 is 19.4 Å². The van der Waals surface area contributed by atoms with Gasteiger partial charge >= 0.3 is 5.97 Å². The van der Waals surface area contributed by atoms with Crippen molar-refractivity contribution >= 4 is 11.9 Å². The van der Waals surface area contributed by atoms with Crippen molar-refractivity contribution in [3.63, 3.8) is 0 Å². The summed E-state index contributed by atoms with van der Waals surface area (Å²) in [5.41, 5.74) is 1.05. The Morgan fingerprint density at radius 3 is 2.62 bits per heavy atom. The fraction of sp³-hybridized carbons (Fsp3) is 0.500. The summed E-state index contributed by atoms with van der Waals surface area (Å²) in [6, 6.07) is 7.70. The van der Waals surface area contributed by atoms with E-state index in [0.29, 0.717) is 26.0 Å². The van der Waals surface area contributed by atoms with E-state index in [-0.39, 0.29) is 12.3 Å². The first kappa shape index (κ1) is 17.0. The van der Waals surface area contributed by atoms with E-state index in [4.69, 9.17) is 9.84 Å². The molecule has 1 aromatic carbocycles. The molecule has 1 rings (SSSR count). The van der Waals surface area contributed by atoms with Crippen LogP contribution in [-0.4, -0.2) is 30.1 Å². The summed E-state index contributed by atoms with van der Waals surface area (Å²) in [5, 5.41) is 11.3. The molecular formula is C16H23NO4. The van der Waals surface area contributed by atoms with Crippen LogP contribution in [0.1, 0.15) is 37.7 Å². The van der Waals surface area contributed by atoms with Crippen molar-refractivity contribution in [3.8, 4) is 5.75 Å². The van der Waals surface area contributed by atoms with Crippen molar-refractivity contribution in [2.75, 3.05) is 13.2 Å². The van der Waals surface area contributed by atoms with Gasteiger partial charge in [-0.3, -0.25) is 9.59 Å². The molecular weight excluding hydrogens is 270 g/mol. The first-order chi connectivity index (χ1) is 10.1. The zero-order valence-corrected chi connectivity index (χ0v) is 12.4. The molecule has 0 saturated carbocycles. The average Bonchev–Trinajstić information content (AvgIpc) is 2.44. The molecule has 116 valence electrons. The van der Waals surface area contributed by atoms with Crippen LogP contribution in [0.4, 0.5) is 0 Å². The minimum absolute atomic E-state index is 0.0400. The Hall–Kier alpha value is -2.04. The van der Waals surface area contributed by atoms with Crippen LogP contribution in [-0.2, 0) is 9.59 Å². The molecule has 1 amide bonds. The number of benzene rings is 1. The molecule has 0 atom stereocenters. The van der Waals surface area contributed by atoms with E-state index in [2.05, 4.69) is 5.32 Å². The maximum absolute atomic E-state index is 11.6. The Morgan fingerprint density at radius 2 is 1.90 bits per heavy atom. The van der Waals surface area contributed by atoms with Crippen LogP contribution < -0.4 is 10.1 Å². The van der Waals surface area contributed by atoms with Crippen molar-refractivity contribution in [2.24, 2.45) is 0 Å². The lowest BCUT2D eigenvalue weighted by Gasteiger charge is -2.09. The van der Waals surface area contributed by atoms with Crippen LogP contribution in [0.15, 0.2) is 24.3 Å². The maximum Gasteiger partial charge on any atom is 0.303 e. The molecule has 5 heteroatoms. The number of para-hydroxylation sites is 1. The first-order valence-corrected chi connectivity index (χ1v) is 7.26. The van der Waals surface area contributed by atoms with E-state index >= 15 is 0 Å². The Kier molecular flexibility index (Phi) is 7.94. The van der Waals surface area contributed by atoms with E-state index in [1.165, 1.54) is 0 Å². The molecule has 0 aliphatic rings. The van der Waals surface area contributed by atoms with Gasteiger partial charge in [-0.1, -0.05) is 24.6 Å². The van der Waals surface area contributed by atoms with E-state index < -0.39 is 5.97 Å². The minimum Gasteiger partial charge on any atom is -0.493 e. The lowest BCUT2D eigenvalue weighted by molar-refractivity contribution is -0.137. The highest BCUT2D eigenvalue weighted by Gasteiger charge is 2.03. The molecule has 0 fully saturated rings. The average molecular weight is 293 g/mol. The molecule has 0 spiro atoms. The largest absolute Gasteiger partial charge is 0.493 e. The van der Waals surface area contributed by atoms with Gasteiger partial charge in [0.15, 0.2) is 0 Å². The van der Waals surface area contributed by atoms with Crippen LogP contribution in [0.5, 0.6) is 5.75 Å². The molecule has 0 aromatic heterocycles. The summed E-state index contributed by atoms with van der Waals surface area (Å²) < 4.78 is 5.55. The number of aliphatic carboxylic acids is 1. The van der Waals surface area contributed by atoms with Gasteiger partial charge in [-0.15, -0.1) is 0 Å². The van der Waals surface area contributed by atoms with Gasteiger partial charge in [-0.2, -0.15) is 0 Å². The molecule has 0 aliphatic carbocycles. The van der Waals surface area contributed by atoms with Crippen molar-refractivity contribution in [3.05, 3.63) is 29.8 Å². The number of nitrogens with one attached hydrogen (secondary N) is 1. The molecule has 21 heavy (non-hydrogen) atoms.